The third kappa shape index (κ3) is 4.52. The molecule has 29 heavy (non-hydrogen) atoms. The number of nitrogens with zero attached hydrogens (tertiary/aromatic N) is 5. The summed E-state index contributed by atoms with van der Waals surface area (Å²) in [6.07, 6.45) is 5.76. The molecular weight excluding hydrogens is 390 g/mol. The van der Waals surface area contributed by atoms with Crippen molar-refractivity contribution in [2.45, 2.75) is 18.9 Å². The molecule has 0 spiro atoms. The summed E-state index contributed by atoms with van der Waals surface area (Å²) in [6.45, 7) is 4.39. The van der Waals surface area contributed by atoms with Crippen molar-refractivity contribution in [3.63, 3.8) is 0 Å². The highest BCUT2D eigenvalue weighted by molar-refractivity contribution is 7.92. The number of rotatable bonds is 5. The summed E-state index contributed by atoms with van der Waals surface area (Å²) in [7, 11) is -3.28. The van der Waals surface area contributed by atoms with Gasteiger partial charge in [-0.05, 0) is 36.1 Å². The fraction of sp³-hybridized carbons (Fsp3) is 0.500. The lowest BCUT2D eigenvalue weighted by Gasteiger charge is -2.35. The van der Waals surface area contributed by atoms with E-state index in [9.17, 15) is 13.5 Å². The summed E-state index contributed by atoms with van der Waals surface area (Å²) in [4.78, 5) is 13.0. The van der Waals surface area contributed by atoms with E-state index in [2.05, 4.69) is 19.8 Å². The molecule has 1 atom stereocenters. The van der Waals surface area contributed by atoms with Crippen LogP contribution in [0.1, 0.15) is 23.7 Å². The van der Waals surface area contributed by atoms with Gasteiger partial charge in [0.15, 0.2) is 0 Å². The number of anilines is 2. The molecule has 1 saturated heterocycles. The molecule has 0 radical (unpaired) electrons. The van der Waals surface area contributed by atoms with Crippen LogP contribution >= 0.6 is 0 Å². The molecule has 2 aromatic rings. The topological polar surface area (TPSA) is 89.9 Å². The van der Waals surface area contributed by atoms with Crippen molar-refractivity contribution < 1.29 is 13.5 Å². The Morgan fingerprint density at radius 3 is 2.52 bits per heavy atom. The number of piperazine rings is 1. The Morgan fingerprint density at radius 1 is 1.10 bits per heavy atom. The molecule has 0 saturated carbocycles. The molecule has 156 valence electrons. The van der Waals surface area contributed by atoms with Crippen LogP contribution in [0.4, 0.5) is 11.6 Å². The van der Waals surface area contributed by atoms with Crippen LogP contribution in [-0.4, -0.2) is 73.9 Å². The third-order valence-electron chi connectivity index (χ3n) is 5.60. The Labute approximate surface area is 171 Å². The zero-order valence-corrected chi connectivity index (χ0v) is 17.4. The molecule has 2 aliphatic heterocycles. The van der Waals surface area contributed by atoms with Gasteiger partial charge in [0.2, 0.25) is 16.0 Å². The van der Waals surface area contributed by atoms with Crippen molar-refractivity contribution in [1.82, 2.24) is 14.9 Å². The lowest BCUT2D eigenvalue weighted by atomic mass is 9.98. The average molecular weight is 418 g/mol. The molecule has 0 bridgehead atoms. The second-order valence-corrected chi connectivity index (χ2v) is 9.59. The van der Waals surface area contributed by atoms with Crippen LogP contribution in [0.5, 0.6) is 0 Å². The number of aryl methyl sites for hydroxylation is 1. The minimum atomic E-state index is -3.28. The predicted molar refractivity (Wildman–Crippen MR) is 113 cm³/mol. The number of β-amino-alcohol motifs (C(OH)–C–C–N with tert-alkyl or cyclic N) is 1. The second-order valence-electron chi connectivity index (χ2n) is 7.68. The van der Waals surface area contributed by atoms with Crippen LogP contribution < -0.4 is 9.21 Å². The number of aliphatic hydroxyl groups excluding tert-OH is 1. The first kappa shape index (κ1) is 20.1. The number of benzene rings is 1. The van der Waals surface area contributed by atoms with Crippen molar-refractivity contribution in [2.24, 2.45) is 0 Å². The maximum absolute atomic E-state index is 12.0. The highest BCUT2D eigenvalue weighted by Gasteiger charge is 2.26. The van der Waals surface area contributed by atoms with E-state index in [4.69, 9.17) is 0 Å². The SMILES string of the molecule is CS(=O)(=O)N1CCCc2cc(C(O)CN3CCN(c4ncccn4)CC3)ccc21. The molecule has 1 N–H and O–H groups in total. The quantitative estimate of drug-likeness (QED) is 0.778. The number of aromatic nitrogens is 2. The molecule has 9 heteroatoms. The number of aliphatic hydroxyl groups is 1. The first-order valence-electron chi connectivity index (χ1n) is 9.95. The van der Waals surface area contributed by atoms with Gasteiger partial charge in [-0.25, -0.2) is 18.4 Å². The van der Waals surface area contributed by atoms with E-state index in [1.807, 2.05) is 24.3 Å². The van der Waals surface area contributed by atoms with Crippen molar-refractivity contribution in [3.8, 4) is 0 Å². The molecule has 2 aliphatic rings. The maximum atomic E-state index is 12.0. The highest BCUT2D eigenvalue weighted by Crippen LogP contribution is 2.31. The van der Waals surface area contributed by atoms with E-state index in [1.54, 1.807) is 12.4 Å². The largest absolute Gasteiger partial charge is 0.387 e. The van der Waals surface area contributed by atoms with E-state index < -0.39 is 16.1 Å². The van der Waals surface area contributed by atoms with Gasteiger partial charge >= 0.3 is 0 Å². The number of fused-ring (bicyclic) bond motifs is 1. The van der Waals surface area contributed by atoms with Crippen LogP contribution in [0, 0.1) is 0 Å². The fourth-order valence-electron chi connectivity index (χ4n) is 4.07. The van der Waals surface area contributed by atoms with E-state index in [1.165, 1.54) is 10.6 Å². The standard InChI is InChI=1S/C20H27N5O3S/c1-29(27,28)25-9-2-4-16-14-17(5-6-18(16)25)19(26)15-23-10-12-24(13-11-23)20-21-7-3-8-22-20/h3,5-8,14,19,26H,2,4,9-13,15H2,1H3. The Kier molecular flexibility index (Phi) is 5.71. The summed E-state index contributed by atoms with van der Waals surface area (Å²) in [5.41, 5.74) is 2.57. The minimum Gasteiger partial charge on any atom is -0.387 e. The van der Waals surface area contributed by atoms with Crippen LogP contribution in [0.15, 0.2) is 36.7 Å². The predicted octanol–water partition coefficient (Wildman–Crippen LogP) is 1.04. The normalized spacial score (nSPS) is 19.1. The number of hydrogen-bond donors (Lipinski definition) is 1. The molecule has 1 fully saturated rings. The summed E-state index contributed by atoms with van der Waals surface area (Å²) >= 11 is 0. The zero-order chi connectivity index (χ0) is 20.4. The van der Waals surface area contributed by atoms with E-state index in [0.29, 0.717) is 13.1 Å². The Hall–Kier alpha value is -2.23. The van der Waals surface area contributed by atoms with Gasteiger partial charge in [0.05, 0.1) is 18.0 Å². The van der Waals surface area contributed by atoms with Crippen molar-refractivity contribution in [2.75, 3.05) is 54.7 Å². The van der Waals surface area contributed by atoms with E-state index >= 15 is 0 Å². The van der Waals surface area contributed by atoms with Crippen molar-refractivity contribution in [1.29, 1.82) is 0 Å². The molecule has 1 aromatic heterocycles. The van der Waals surface area contributed by atoms with Gasteiger partial charge in [0.25, 0.3) is 0 Å². The maximum Gasteiger partial charge on any atom is 0.232 e. The molecule has 8 nitrogen and oxygen atoms in total. The van der Waals surface area contributed by atoms with Gasteiger partial charge in [-0.15, -0.1) is 0 Å². The van der Waals surface area contributed by atoms with E-state index in [0.717, 1.165) is 61.8 Å². The Balaban J connectivity index is 1.39. The first-order chi connectivity index (χ1) is 13.9. The van der Waals surface area contributed by atoms with Crippen LogP contribution in [0.25, 0.3) is 0 Å². The van der Waals surface area contributed by atoms with Gasteiger partial charge in [0, 0.05) is 51.7 Å². The average Bonchev–Trinajstić information content (AvgIpc) is 2.73. The Bertz CT molecular complexity index is 946. The monoisotopic (exact) mass is 417 g/mol. The number of sulfonamides is 1. The fourth-order valence-corrected chi connectivity index (χ4v) is 5.07. The summed E-state index contributed by atoms with van der Waals surface area (Å²) < 4.78 is 25.5. The lowest BCUT2D eigenvalue weighted by molar-refractivity contribution is 0.109. The van der Waals surface area contributed by atoms with Crippen LogP contribution in [-0.2, 0) is 16.4 Å². The number of hydrogen-bond acceptors (Lipinski definition) is 7. The molecule has 1 aromatic carbocycles. The summed E-state index contributed by atoms with van der Waals surface area (Å²) in [5, 5.41) is 10.8. The Morgan fingerprint density at radius 2 is 1.83 bits per heavy atom. The summed E-state index contributed by atoms with van der Waals surface area (Å²) in [6, 6.07) is 7.45. The zero-order valence-electron chi connectivity index (χ0n) is 16.6. The third-order valence-corrected chi connectivity index (χ3v) is 6.78. The van der Waals surface area contributed by atoms with Gasteiger partial charge in [-0.1, -0.05) is 12.1 Å². The molecular formula is C20H27N5O3S. The van der Waals surface area contributed by atoms with Gasteiger partial charge < -0.3 is 10.0 Å². The molecule has 4 rings (SSSR count). The summed E-state index contributed by atoms with van der Waals surface area (Å²) in [5.74, 6) is 0.748. The van der Waals surface area contributed by atoms with Crippen LogP contribution in [0.3, 0.4) is 0 Å². The molecule has 3 heterocycles. The van der Waals surface area contributed by atoms with Crippen molar-refractivity contribution >= 4 is 21.7 Å². The molecule has 1 unspecified atom stereocenters. The van der Waals surface area contributed by atoms with E-state index in [-0.39, 0.29) is 0 Å². The van der Waals surface area contributed by atoms with Crippen LogP contribution in [0.2, 0.25) is 0 Å². The lowest BCUT2D eigenvalue weighted by Crippen LogP contribution is -2.48. The van der Waals surface area contributed by atoms with Gasteiger partial charge in [-0.3, -0.25) is 9.21 Å². The first-order valence-corrected chi connectivity index (χ1v) is 11.8. The molecule has 0 amide bonds. The minimum absolute atomic E-state index is 0.517. The molecule has 0 aliphatic carbocycles. The van der Waals surface area contributed by atoms with Gasteiger partial charge in [-0.2, -0.15) is 0 Å². The van der Waals surface area contributed by atoms with Crippen molar-refractivity contribution in [3.05, 3.63) is 47.8 Å². The van der Waals surface area contributed by atoms with Gasteiger partial charge in [0.1, 0.15) is 0 Å². The smallest absolute Gasteiger partial charge is 0.232 e. The highest BCUT2D eigenvalue weighted by atomic mass is 32.2. The second kappa shape index (κ2) is 8.25.